The molecule has 1 aliphatic heterocycles. The fraction of sp³-hybridized carbons (Fsp3) is 0.263. The highest BCUT2D eigenvalue weighted by Crippen LogP contribution is 2.32. The molecule has 24 heavy (non-hydrogen) atoms. The van der Waals surface area contributed by atoms with Gasteiger partial charge in [-0.3, -0.25) is 14.1 Å². The molecule has 4 rings (SSSR count). The third-order valence-corrected chi connectivity index (χ3v) is 4.69. The van der Waals surface area contributed by atoms with Gasteiger partial charge in [-0.1, -0.05) is 36.4 Å². The molecule has 1 aromatic carbocycles. The predicted octanol–water partition coefficient (Wildman–Crippen LogP) is 2.55. The van der Waals surface area contributed by atoms with Gasteiger partial charge in [0, 0.05) is 24.8 Å². The second-order valence-electron chi connectivity index (χ2n) is 6.28. The van der Waals surface area contributed by atoms with Crippen LogP contribution in [0.25, 0.3) is 5.65 Å². The number of benzene rings is 1. The van der Waals surface area contributed by atoms with Crippen molar-refractivity contribution in [2.75, 3.05) is 18.9 Å². The van der Waals surface area contributed by atoms with Crippen LogP contribution < -0.4 is 10.9 Å². The molecule has 3 heterocycles. The molecule has 122 valence electrons. The molecule has 0 aliphatic carbocycles. The first-order chi connectivity index (χ1) is 11.7. The molecule has 5 nitrogen and oxygen atoms in total. The minimum atomic E-state index is -0.0642. The zero-order valence-electron chi connectivity index (χ0n) is 13.6. The number of nitrogens with zero attached hydrogens (tertiary/aromatic N) is 3. The standard InChI is InChI=1S/C19H20N4O/c1-22-12-10-15(19(22)14-7-3-2-4-8-14)20-16-13-18(24)23-11-6-5-9-17(23)21-16/h2-9,11,13,15,19-20H,10,12H2,1H3. The van der Waals surface area contributed by atoms with Crippen LogP contribution in [0, 0.1) is 0 Å². The van der Waals surface area contributed by atoms with Crippen LogP contribution in [-0.4, -0.2) is 33.9 Å². The van der Waals surface area contributed by atoms with Crippen LogP contribution >= 0.6 is 0 Å². The Morgan fingerprint density at radius 3 is 2.75 bits per heavy atom. The molecule has 1 aliphatic rings. The van der Waals surface area contributed by atoms with Gasteiger partial charge in [0.25, 0.3) is 5.56 Å². The molecule has 3 aromatic rings. The van der Waals surface area contributed by atoms with Crippen LogP contribution in [0.5, 0.6) is 0 Å². The van der Waals surface area contributed by atoms with Crippen molar-refractivity contribution in [1.29, 1.82) is 0 Å². The van der Waals surface area contributed by atoms with Crippen molar-refractivity contribution in [2.24, 2.45) is 0 Å². The summed E-state index contributed by atoms with van der Waals surface area (Å²) in [4.78, 5) is 19.2. The Labute approximate surface area is 140 Å². The van der Waals surface area contributed by atoms with E-state index in [9.17, 15) is 4.79 Å². The van der Waals surface area contributed by atoms with Gasteiger partial charge in [0.05, 0.1) is 6.04 Å². The van der Waals surface area contributed by atoms with E-state index in [1.165, 1.54) is 5.56 Å². The van der Waals surface area contributed by atoms with Gasteiger partial charge in [0.2, 0.25) is 0 Å². The van der Waals surface area contributed by atoms with Gasteiger partial charge in [-0.05, 0) is 31.2 Å². The fourth-order valence-corrected chi connectivity index (χ4v) is 3.55. The zero-order chi connectivity index (χ0) is 16.5. The lowest BCUT2D eigenvalue weighted by Gasteiger charge is -2.26. The van der Waals surface area contributed by atoms with E-state index in [1.807, 2.05) is 24.3 Å². The van der Waals surface area contributed by atoms with Gasteiger partial charge < -0.3 is 5.32 Å². The molecule has 1 N–H and O–H groups in total. The SMILES string of the molecule is CN1CCC(Nc2cc(=O)n3ccccc3n2)C1c1ccccc1. The number of pyridine rings is 1. The maximum atomic E-state index is 12.3. The van der Waals surface area contributed by atoms with Crippen LogP contribution in [0.15, 0.2) is 65.6 Å². The van der Waals surface area contributed by atoms with Crippen molar-refractivity contribution in [3.8, 4) is 0 Å². The van der Waals surface area contributed by atoms with E-state index < -0.39 is 0 Å². The van der Waals surface area contributed by atoms with E-state index in [0.717, 1.165) is 13.0 Å². The second-order valence-corrected chi connectivity index (χ2v) is 6.28. The van der Waals surface area contributed by atoms with Gasteiger partial charge in [0.15, 0.2) is 0 Å². The van der Waals surface area contributed by atoms with E-state index >= 15 is 0 Å². The normalized spacial score (nSPS) is 21.2. The van der Waals surface area contributed by atoms with Crippen LogP contribution in [0.3, 0.4) is 0 Å². The Balaban J connectivity index is 1.66. The molecule has 0 bridgehead atoms. The number of fused-ring (bicyclic) bond motifs is 1. The van der Waals surface area contributed by atoms with Crippen molar-refractivity contribution in [1.82, 2.24) is 14.3 Å². The van der Waals surface area contributed by atoms with Gasteiger partial charge in [0.1, 0.15) is 11.5 Å². The summed E-state index contributed by atoms with van der Waals surface area (Å²) in [5.41, 5.74) is 1.88. The quantitative estimate of drug-likeness (QED) is 0.806. The second kappa shape index (κ2) is 6.09. The molecule has 0 spiro atoms. The smallest absolute Gasteiger partial charge is 0.259 e. The summed E-state index contributed by atoms with van der Waals surface area (Å²) in [7, 11) is 2.14. The highest BCUT2D eigenvalue weighted by molar-refractivity contribution is 5.47. The van der Waals surface area contributed by atoms with E-state index in [-0.39, 0.29) is 17.6 Å². The number of likely N-dealkylation sites (N-methyl/N-ethyl adjacent to an activating group) is 1. The summed E-state index contributed by atoms with van der Waals surface area (Å²) >= 11 is 0. The highest BCUT2D eigenvalue weighted by Gasteiger charge is 2.33. The van der Waals surface area contributed by atoms with Gasteiger partial charge in [-0.15, -0.1) is 0 Å². The van der Waals surface area contributed by atoms with Crippen molar-refractivity contribution in [3.05, 3.63) is 76.7 Å². The number of rotatable bonds is 3. The molecule has 5 heteroatoms. The fourth-order valence-electron chi connectivity index (χ4n) is 3.55. The summed E-state index contributed by atoms with van der Waals surface area (Å²) in [5.74, 6) is 0.646. The van der Waals surface area contributed by atoms with E-state index in [2.05, 4.69) is 46.5 Å². The molecular weight excluding hydrogens is 300 g/mol. The molecule has 1 saturated heterocycles. The lowest BCUT2D eigenvalue weighted by Crippen LogP contribution is -2.30. The Kier molecular flexibility index (Phi) is 3.78. The zero-order valence-corrected chi connectivity index (χ0v) is 13.6. The van der Waals surface area contributed by atoms with Gasteiger partial charge >= 0.3 is 0 Å². The van der Waals surface area contributed by atoms with Crippen molar-refractivity contribution >= 4 is 11.5 Å². The third kappa shape index (κ3) is 2.67. The summed E-state index contributed by atoms with van der Waals surface area (Å²) in [5, 5.41) is 3.49. The predicted molar refractivity (Wildman–Crippen MR) is 95.3 cm³/mol. The van der Waals surface area contributed by atoms with E-state index in [1.54, 1.807) is 16.7 Å². The summed E-state index contributed by atoms with van der Waals surface area (Å²) in [6.45, 7) is 1.02. The van der Waals surface area contributed by atoms with Gasteiger partial charge in [-0.25, -0.2) is 4.98 Å². The Bertz CT molecular complexity index is 906. The monoisotopic (exact) mass is 320 g/mol. The van der Waals surface area contributed by atoms with Crippen LogP contribution in [0.2, 0.25) is 0 Å². The molecule has 0 saturated carbocycles. The number of likely N-dealkylation sites (tertiary alicyclic amines) is 1. The molecular formula is C19H20N4O. The maximum absolute atomic E-state index is 12.3. The first kappa shape index (κ1) is 14.9. The number of nitrogens with one attached hydrogen (secondary N) is 1. The molecule has 2 aromatic heterocycles. The average molecular weight is 320 g/mol. The topological polar surface area (TPSA) is 49.6 Å². The van der Waals surface area contributed by atoms with Crippen molar-refractivity contribution in [2.45, 2.75) is 18.5 Å². The number of hydrogen-bond acceptors (Lipinski definition) is 4. The third-order valence-electron chi connectivity index (χ3n) is 4.69. The Morgan fingerprint density at radius 2 is 1.92 bits per heavy atom. The Morgan fingerprint density at radius 1 is 1.12 bits per heavy atom. The molecule has 1 fully saturated rings. The first-order valence-corrected chi connectivity index (χ1v) is 8.22. The first-order valence-electron chi connectivity index (χ1n) is 8.22. The lowest BCUT2D eigenvalue weighted by atomic mass is 10.0. The summed E-state index contributed by atoms with van der Waals surface area (Å²) < 4.78 is 1.56. The molecule has 2 atom stereocenters. The molecule has 2 unspecified atom stereocenters. The van der Waals surface area contributed by atoms with E-state index in [4.69, 9.17) is 0 Å². The van der Waals surface area contributed by atoms with Crippen molar-refractivity contribution in [3.63, 3.8) is 0 Å². The van der Waals surface area contributed by atoms with Crippen LogP contribution in [0.1, 0.15) is 18.0 Å². The minimum Gasteiger partial charge on any atom is -0.365 e. The highest BCUT2D eigenvalue weighted by atomic mass is 16.1. The Hall–Kier alpha value is -2.66. The molecule has 0 radical (unpaired) electrons. The number of aromatic nitrogens is 2. The van der Waals surface area contributed by atoms with Crippen LogP contribution in [-0.2, 0) is 0 Å². The van der Waals surface area contributed by atoms with Crippen molar-refractivity contribution < 1.29 is 0 Å². The maximum Gasteiger partial charge on any atom is 0.259 e. The number of anilines is 1. The summed E-state index contributed by atoms with van der Waals surface area (Å²) in [6.07, 6.45) is 2.76. The lowest BCUT2D eigenvalue weighted by molar-refractivity contribution is 0.309. The summed E-state index contributed by atoms with van der Waals surface area (Å²) in [6, 6.07) is 18.1. The van der Waals surface area contributed by atoms with E-state index in [0.29, 0.717) is 11.5 Å². The molecule has 0 amide bonds. The minimum absolute atomic E-state index is 0.0642. The van der Waals surface area contributed by atoms with Gasteiger partial charge in [-0.2, -0.15) is 0 Å². The van der Waals surface area contributed by atoms with Crippen LogP contribution in [0.4, 0.5) is 5.82 Å². The average Bonchev–Trinajstić information content (AvgIpc) is 2.96. The number of hydrogen-bond donors (Lipinski definition) is 1. The largest absolute Gasteiger partial charge is 0.365 e.